The number of piperidine rings is 1. The number of nitrogens with zero attached hydrogens (tertiary/aromatic N) is 2. The third-order valence-electron chi connectivity index (χ3n) is 4.37. The fourth-order valence-corrected chi connectivity index (χ4v) is 3.27. The molecule has 5 nitrogen and oxygen atoms in total. The highest BCUT2D eigenvalue weighted by Gasteiger charge is 2.25. The number of likely N-dealkylation sites (tertiary alicyclic amines) is 1. The topological polar surface area (TPSA) is 58.2 Å². The summed E-state index contributed by atoms with van der Waals surface area (Å²) in [6.45, 7) is 2.11. The second kappa shape index (κ2) is 8.20. The Bertz CT molecular complexity index is 660. The maximum Gasteiger partial charge on any atom is 0.222 e. The van der Waals surface area contributed by atoms with E-state index in [4.69, 9.17) is 16.3 Å². The lowest BCUT2D eigenvalue weighted by Crippen LogP contribution is -2.39. The number of para-hydroxylation sites is 1. The highest BCUT2D eigenvalue weighted by molar-refractivity contribution is 6.32. The minimum absolute atomic E-state index is 0.196. The molecule has 6 heteroatoms. The van der Waals surface area contributed by atoms with Crippen molar-refractivity contribution in [3.63, 3.8) is 0 Å². The molecule has 3 rings (SSSR count). The lowest BCUT2D eigenvalue weighted by Gasteiger charge is -2.32. The molecule has 1 aliphatic heterocycles. The van der Waals surface area contributed by atoms with Crippen LogP contribution in [0.15, 0.2) is 36.5 Å². The van der Waals surface area contributed by atoms with Gasteiger partial charge in [0, 0.05) is 37.3 Å². The van der Waals surface area contributed by atoms with Crippen LogP contribution in [0.1, 0.15) is 37.3 Å². The molecule has 1 fully saturated rings. The van der Waals surface area contributed by atoms with E-state index in [1.807, 2.05) is 29.2 Å². The van der Waals surface area contributed by atoms with Crippen LogP contribution in [0.5, 0.6) is 5.75 Å². The monoisotopic (exact) mass is 347 g/mol. The molecule has 1 saturated heterocycles. The van der Waals surface area contributed by atoms with Crippen molar-refractivity contribution < 1.29 is 9.53 Å². The van der Waals surface area contributed by atoms with Crippen molar-refractivity contribution in [2.45, 2.75) is 31.6 Å². The Labute approximate surface area is 147 Å². The molecule has 0 unspecified atom stereocenters. The van der Waals surface area contributed by atoms with Crippen molar-refractivity contribution in [2.24, 2.45) is 0 Å². The summed E-state index contributed by atoms with van der Waals surface area (Å²) >= 11 is 6.04. The average Bonchev–Trinajstić information content (AvgIpc) is 3.15. The first-order valence-corrected chi connectivity index (χ1v) is 8.76. The van der Waals surface area contributed by atoms with Gasteiger partial charge in [0.25, 0.3) is 0 Å². The Balaban J connectivity index is 1.42. The number of rotatable bonds is 6. The molecule has 2 aromatic rings. The highest BCUT2D eigenvalue weighted by atomic mass is 35.5. The van der Waals surface area contributed by atoms with Crippen LogP contribution in [0.25, 0.3) is 0 Å². The van der Waals surface area contributed by atoms with Gasteiger partial charge in [-0.15, -0.1) is 0 Å². The summed E-state index contributed by atoms with van der Waals surface area (Å²) in [5.41, 5.74) is 1.12. The molecule has 2 heterocycles. The van der Waals surface area contributed by atoms with Crippen LogP contribution in [0.4, 0.5) is 0 Å². The molecule has 1 atom stereocenters. The number of aromatic nitrogens is 2. The van der Waals surface area contributed by atoms with Gasteiger partial charge in [0.15, 0.2) is 0 Å². The highest BCUT2D eigenvalue weighted by Crippen LogP contribution is 2.26. The number of aromatic amines is 1. The minimum Gasteiger partial charge on any atom is -0.492 e. The van der Waals surface area contributed by atoms with Gasteiger partial charge in [0.2, 0.25) is 5.91 Å². The van der Waals surface area contributed by atoms with Crippen LogP contribution < -0.4 is 4.74 Å². The summed E-state index contributed by atoms with van der Waals surface area (Å²) in [6.07, 6.45) is 5.09. The van der Waals surface area contributed by atoms with Crippen LogP contribution in [0, 0.1) is 0 Å². The molecule has 1 aromatic heterocycles. The second-order valence-electron chi connectivity index (χ2n) is 6.07. The third kappa shape index (κ3) is 4.29. The molecule has 1 amide bonds. The molecule has 1 aromatic carbocycles. The number of hydrogen-bond acceptors (Lipinski definition) is 3. The first-order valence-electron chi connectivity index (χ1n) is 8.38. The van der Waals surface area contributed by atoms with Crippen molar-refractivity contribution in [1.29, 1.82) is 0 Å². The van der Waals surface area contributed by atoms with Gasteiger partial charge in [-0.3, -0.25) is 9.89 Å². The normalized spacial score (nSPS) is 17.7. The minimum atomic E-state index is 0.196. The van der Waals surface area contributed by atoms with E-state index < -0.39 is 0 Å². The number of carbonyl (C=O) groups is 1. The number of nitrogens with one attached hydrogen (secondary N) is 1. The van der Waals surface area contributed by atoms with Crippen LogP contribution in [0.2, 0.25) is 5.02 Å². The van der Waals surface area contributed by atoms with Gasteiger partial charge in [-0.25, -0.2) is 0 Å². The van der Waals surface area contributed by atoms with Crippen molar-refractivity contribution in [3.05, 3.63) is 47.2 Å². The molecule has 0 aliphatic carbocycles. The number of halogens is 1. The lowest BCUT2D eigenvalue weighted by molar-refractivity contribution is -0.132. The van der Waals surface area contributed by atoms with Gasteiger partial charge >= 0.3 is 0 Å². The third-order valence-corrected chi connectivity index (χ3v) is 4.68. The van der Waals surface area contributed by atoms with E-state index in [1.54, 1.807) is 12.3 Å². The molecular weight excluding hydrogens is 326 g/mol. The summed E-state index contributed by atoms with van der Waals surface area (Å²) in [5.74, 6) is 1.23. The second-order valence-corrected chi connectivity index (χ2v) is 6.48. The maximum atomic E-state index is 12.4. The van der Waals surface area contributed by atoms with E-state index in [0.717, 1.165) is 31.6 Å². The molecule has 0 saturated carbocycles. The Morgan fingerprint density at radius 3 is 3.04 bits per heavy atom. The first-order chi connectivity index (χ1) is 11.7. The average molecular weight is 348 g/mol. The summed E-state index contributed by atoms with van der Waals surface area (Å²) in [5, 5.41) is 7.63. The van der Waals surface area contributed by atoms with Gasteiger partial charge in [0.05, 0.1) is 11.6 Å². The fourth-order valence-electron chi connectivity index (χ4n) is 3.08. The van der Waals surface area contributed by atoms with Gasteiger partial charge in [-0.05, 0) is 37.5 Å². The Hall–Kier alpha value is -2.01. The first kappa shape index (κ1) is 16.8. The van der Waals surface area contributed by atoms with Gasteiger partial charge in [0.1, 0.15) is 5.75 Å². The fraction of sp³-hybridized carbons (Fsp3) is 0.444. The van der Waals surface area contributed by atoms with Crippen LogP contribution in [0.3, 0.4) is 0 Å². The van der Waals surface area contributed by atoms with Gasteiger partial charge < -0.3 is 9.64 Å². The molecule has 0 spiro atoms. The Morgan fingerprint density at radius 2 is 2.25 bits per heavy atom. The molecule has 1 aliphatic rings. The van der Waals surface area contributed by atoms with E-state index >= 15 is 0 Å². The van der Waals surface area contributed by atoms with Crippen LogP contribution in [-0.2, 0) is 4.79 Å². The molecule has 1 N–H and O–H groups in total. The van der Waals surface area contributed by atoms with Crippen molar-refractivity contribution >= 4 is 17.5 Å². The van der Waals surface area contributed by atoms with Crippen molar-refractivity contribution in [1.82, 2.24) is 15.1 Å². The predicted molar refractivity (Wildman–Crippen MR) is 93.3 cm³/mol. The molecule has 128 valence electrons. The number of ether oxygens (including phenoxy) is 1. The number of carbonyl (C=O) groups excluding carboxylic acids is 1. The maximum absolute atomic E-state index is 12.4. The summed E-state index contributed by atoms with van der Waals surface area (Å²) in [6, 6.07) is 9.38. The Morgan fingerprint density at radius 1 is 1.38 bits per heavy atom. The largest absolute Gasteiger partial charge is 0.492 e. The van der Waals surface area contributed by atoms with Crippen molar-refractivity contribution in [2.75, 3.05) is 19.7 Å². The Kier molecular flexibility index (Phi) is 5.75. The number of hydrogen-bond donors (Lipinski definition) is 1. The zero-order chi connectivity index (χ0) is 16.8. The van der Waals surface area contributed by atoms with Crippen molar-refractivity contribution in [3.8, 4) is 5.75 Å². The van der Waals surface area contributed by atoms with E-state index in [2.05, 4.69) is 10.2 Å². The van der Waals surface area contributed by atoms with Crippen LogP contribution in [-0.4, -0.2) is 40.7 Å². The van der Waals surface area contributed by atoms with Gasteiger partial charge in [-0.1, -0.05) is 23.7 Å². The lowest BCUT2D eigenvalue weighted by atomic mass is 9.94. The number of benzene rings is 1. The SMILES string of the molecule is O=C(CCCOc1ccccc1Cl)N1CCC[C@H](c2ccn[nH]2)C1. The molecule has 24 heavy (non-hydrogen) atoms. The number of H-pyrrole nitrogens is 1. The molecular formula is C18H22ClN3O2. The summed E-state index contributed by atoms with van der Waals surface area (Å²) in [7, 11) is 0. The smallest absolute Gasteiger partial charge is 0.222 e. The van der Waals surface area contributed by atoms with E-state index in [-0.39, 0.29) is 5.91 Å². The van der Waals surface area contributed by atoms with E-state index in [9.17, 15) is 4.79 Å². The summed E-state index contributed by atoms with van der Waals surface area (Å²) < 4.78 is 5.64. The predicted octanol–water partition coefficient (Wildman–Crippen LogP) is 3.63. The summed E-state index contributed by atoms with van der Waals surface area (Å²) in [4.78, 5) is 14.4. The van der Waals surface area contributed by atoms with E-state index in [0.29, 0.717) is 36.1 Å². The zero-order valence-corrected chi connectivity index (χ0v) is 14.3. The van der Waals surface area contributed by atoms with E-state index in [1.165, 1.54) is 0 Å². The van der Waals surface area contributed by atoms with Crippen LogP contribution >= 0.6 is 11.6 Å². The standard InChI is InChI=1S/C18H22ClN3O2/c19-15-6-1-2-7-17(15)24-12-4-8-18(23)22-11-3-5-14(13-22)16-9-10-20-21-16/h1-2,6-7,9-10,14H,3-5,8,11-13H2,(H,20,21)/t14-/m0/s1. The zero-order valence-electron chi connectivity index (χ0n) is 13.6. The quantitative estimate of drug-likeness (QED) is 0.812. The number of amides is 1. The molecule has 0 radical (unpaired) electrons. The molecule has 0 bridgehead atoms. The van der Waals surface area contributed by atoms with Gasteiger partial charge in [-0.2, -0.15) is 5.10 Å².